The molecule has 0 saturated heterocycles. The van der Waals surface area contributed by atoms with E-state index >= 15 is 0 Å². The third-order valence-electron chi connectivity index (χ3n) is 2.89. The normalized spacial score (nSPS) is 15.2. The summed E-state index contributed by atoms with van der Waals surface area (Å²) in [4.78, 5) is 8.19. The molecule has 1 aliphatic rings. The number of rotatable bonds is 2. The number of nitrogens with zero attached hydrogens (tertiary/aromatic N) is 2. The van der Waals surface area contributed by atoms with Gasteiger partial charge >= 0.3 is 0 Å². The molecule has 3 rings (SSSR count). The topological polar surface area (TPSA) is 37.8 Å². The van der Waals surface area contributed by atoms with E-state index in [0.717, 1.165) is 18.4 Å². The molecule has 88 valence electrons. The zero-order valence-corrected chi connectivity index (χ0v) is 10.1. The van der Waals surface area contributed by atoms with E-state index in [0.29, 0.717) is 22.8 Å². The van der Waals surface area contributed by atoms with Crippen molar-refractivity contribution in [3.8, 4) is 0 Å². The average molecular weight is 252 g/mol. The monoisotopic (exact) mass is 251 g/mol. The van der Waals surface area contributed by atoms with Crippen LogP contribution in [0.3, 0.4) is 0 Å². The summed E-state index contributed by atoms with van der Waals surface area (Å²) in [5.74, 6) is 0.189. The van der Waals surface area contributed by atoms with Gasteiger partial charge in [-0.25, -0.2) is 14.4 Å². The van der Waals surface area contributed by atoms with Gasteiger partial charge in [-0.3, -0.25) is 0 Å². The van der Waals surface area contributed by atoms with Gasteiger partial charge in [-0.15, -0.1) is 0 Å². The molecule has 0 bridgehead atoms. The zero-order chi connectivity index (χ0) is 12.0. The fraction of sp³-hybridized carbons (Fsp3) is 0.333. The highest BCUT2D eigenvalue weighted by molar-refractivity contribution is 6.28. The van der Waals surface area contributed by atoms with Crippen LogP contribution in [0, 0.1) is 12.7 Å². The highest BCUT2D eigenvalue weighted by atomic mass is 35.5. The molecule has 0 atom stereocenters. The van der Waals surface area contributed by atoms with E-state index in [1.165, 1.54) is 6.07 Å². The Hall–Kier alpha value is -1.42. The Kier molecular flexibility index (Phi) is 2.40. The van der Waals surface area contributed by atoms with Crippen LogP contribution in [0.4, 0.5) is 10.2 Å². The predicted octanol–water partition coefficient (Wildman–Crippen LogP) is 3.31. The van der Waals surface area contributed by atoms with Crippen molar-refractivity contribution in [2.24, 2.45) is 0 Å². The van der Waals surface area contributed by atoms with E-state index in [1.54, 1.807) is 6.07 Å². The third kappa shape index (κ3) is 1.93. The van der Waals surface area contributed by atoms with Gasteiger partial charge < -0.3 is 5.32 Å². The average Bonchev–Trinajstić information content (AvgIpc) is 3.07. The van der Waals surface area contributed by atoms with Crippen molar-refractivity contribution in [3.05, 3.63) is 28.8 Å². The van der Waals surface area contributed by atoms with E-state index in [-0.39, 0.29) is 11.1 Å². The van der Waals surface area contributed by atoms with Gasteiger partial charge in [0.25, 0.3) is 0 Å². The minimum atomic E-state index is -0.314. The Morgan fingerprint density at radius 2 is 2.12 bits per heavy atom. The van der Waals surface area contributed by atoms with Crippen LogP contribution in [0.2, 0.25) is 5.28 Å². The molecule has 5 heteroatoms. The molecule has 0 radical (unpaired) electrons. The molecular formula is C12H11ClFN3. The predicted molar refractivity (Wildman–Crippen MR) is 65.9 cm³/mol. The van der Waals surface area contributed by atoms with Crippen molar-refractivity contribution in [1.29, 1.82) is 0 Å². The number of hydrogen-bond donors (Lipinski definition) is 1. The van der Waals surface area contributed by atoms with Crippen molar-refractivity contribution < 1.29 is 4.39 Å². The lowest BCUT2D eigenvalue weighted by molar-refractivity contribution is 0.639. The molecule has 3 nitrogen and oxygen atoms in total. The number of nitrogens with one attached hydrogen (secondary N) is 1. The van der Waals surface area contributed by atoms with Crippen LogP contribution in [0.5, 0.6) is 0 Å². The summed E-state index contributed by atoms with van der Waals surface area (Å²) in [5, 5.41) is 3.77. The Morgan fingerprint density at radius 3 is 2.82 bits per heavy atom. The number of anilines is 1. The van der Waals surface area contributed by atoms with Crippen LogP contribution in [0.15, 0.2) is 12.1 Å². The van der Waals surface area contributed by atoms with Gasteiger partial charge in [-0.1, -0.05) is 6.07 Å². The van der Waals surface area contributed by atoms with Crippen LogP contribution in [-0.4, -0.2) is 16.0 Å². The van der Waals surface area contributed by atoms with Gasteiger partial charge in [0, 0.05) is 6.04 Å². The SMILES string of the molecule is Cc1ccc(F)c2c(NC3CC3)nc(Cl)nc12. The lowest BCUT2D eigenvalue weighted by atomic mass is 10.1. The maximum atomic E-state index is 13.9. The van der Waals surface area contributed by atoms with Gasteiger partial charge in [-0.05, 0) is 43.0 Å². The minimum Gasteiger partial charge on any atom is -0.367 e. The Bertz CT molecular complexity index is 596. The Labute approximate surface area is 103 Å². The first kappa shape index (κ1) is 10.7. The molecule has 1 fully saturated rings. The second kappa shape index (κ2) is 3.81. The summed E-state index contributed by atoms with van der Waals surface area (Å²) >= 11 is 5.87. The summed E-state index contributed by atoms with van der Waals surface area (Å²) in [6, 6.07) is 3.53. The second-order valence-electron chi connectivity index (χ2n) is 4.35. The standard InChI is InChI=1S/C12H11ClFN3/c1-6-2-5-8(14)9-10(6)16-12(13)17-11(9)15-7-3-4-7/h2,5,7H,3-4H2,1H3,(H,15,16,17). The van der Waals surface area contributed by atoms with Gasteiger partial charge in [-0.2, -0.15) is 0 Å². The van der Waals surface area contributed by atoms with Gasteiger partial charge in [0.2, 0.25) is 5.28 Å². The van der Waals surface area contributed by atoms with Crippen LogP contribution < -0.4 is 5.32 Å². The highest BCUT2D eigenvalue weighted by Gasteiger charge is 2.23. The minimum absolute atomic E-state index is 0.148. The van der Waals surface area contributed by atoms with Crippen LogP contribution in [-0.2, 0) is 0 Å². The maximum Gasteiger partial charge on any atom is 0.224 e. The molecule has 17 heavy (non-hydrogen) atoms. The van der Waals surface area contributed by atoms with Crippen molar-refractivity contribution in [1.82, 2.24) is 9.97 Å². The van der Waals surface area contributed by atoms with Crippen molar-refractivity contribution in [2.45, 2.75) is 25.8 Å². The quantitative estimate of drug-likeness (QED) is 0.833. The van der Waals surface area contributed by atoms with E-state index in [1.807, 2.05) is 6.92 Å². The largest absolute Gasteiger partial charge is 0.367 e. The molecule has 1 aliphatic carbocycles. The molecule has 1 heterocycles. The molecule has 0 spiro atoms. The number of aromatic nitrogens is 2. The number of halogens is 2. The zero-order valence-electron chi connectivity index (χ0n) is 9.30. The van der Waals surface area contributed by atoms with Gasteiger partial charge in [0.1, 0.15) is 11.6 Å². The van der Waals surface area contributed by atoms with Crippen LogP contribution >= 0.6 is 11.6 Å². The molecule has 0 amide bonds. The first-order valence-electron chi connectivity index (χ1n) is 5.54. The molecular weight excluding hydrogens is 241 g/mol. The fourth-order valence-corrected chi connectivity index (χ4v) is 2.00. The third-order valence-corrected chi connectivity index (χ3v) is 3.06. The summed E-state index contributed by atoms with van der Waals surface area (Å²) in [5.41, 5.74) is 1.47. The molecule has 0 unspecified atom stereocenters. The lowest BCUT2D eigenvalue weighted by Gasteiger charge is -2.10. The van der Waals surface area contributed by atoms with E-state index in [2.05, 4.69) is 15.3 Å². The molecule has 1 aromatic carbocycles. The van der Waals surface area contributed by atoms with Crippen molar-refractivity contribution in [2.75, 3.05) is 5.32 Å². The summed E-state index contributed by atoms with van der Waals surface area (Å²) < 4.78 is 13.9. The summed E-state index contributed by atoms with van der Waals surface area (Å²) in [6.07, 6.45) is 2.19. The van der Waals surface area contributed by atoms with Crippen molar-refractivity contribution in [3.63, 3.8) is 0 Å². The van der Waals surface area contributed by atoms with Crippen LogP contribution in [0.25, 0.3) is 10.9 Å². The summed E-state index contributed by atoms with van der Waals surface area (Å²) in [6.45, 7) is 1.88. The fourth-order valence-electron chi connectivity index (χ4n) is 1.83. The molecule has 0 aliphatic heterocycles. The number of benzene rings is 1. The van der Waals surface area contributed by atoms with E-state index in [9.17, 15) is 4.39 Å². The molecule has 1 N–H and O–H groups in total. The summed E-state index contributed by atoms with van der Waals surface area (Å²) in [7, 11) is 0. The first-order chi connectivity index (χ1) is 8.15. The maximum absolute atomic E-state index is 13.9. The smallest absolute Gasteiger partial charge is 0.224 e. The van der Waals surface area contributed by atoms with Crippen molar-refractivity contribution >= 4 is 28.3 Å². The number of fused-ring (bicyclic) bond motifs is 1. The second-order valence-corrected chi connectivity index (χ2v) is 4.69. The van der Waals surface area contributed by atoms with Gasteiger partial charge in [0.05, 0.1) is 10.9 Å². The number of hydrogen-bond acceptors (Lipinski definition) is 3. The lowest BCUT2D eigenvalue weighted by Crippen LogP contribution is -2.06. The van der Waals surface area contributed by atoms with E-state index < -0.39 is 0 Å². The number of aryl methyl sites for hydroxylation is 1. The molecule has 1 saturated carbocycles. The Balaban J connectivity index is 2.27. The Morgan fingerprint density at radius 1 is 1.35 bits per heavy atom. The van der Waals surface area contributed by atoms with E-state index in [4.69, 9.17) is 11.6 Å². The van der Waals surface area contributed by atoms with Crippen LogP contribution in [0.1, 0.15) is 18.4 Å². The first-order valence-corrected chi connectivity index (χ1v) is 5.92. The molecule has 2 aromatic rings. The highest BCUT2D eigenvalue weighted by Crippen LogP contribution is 2.31. The molecule has 1 aromatic heterocycles. The van der Waals surface area contributed by atoms with Gasteiger partial charge in [0.15, 0.2) is 0 Å².